The van der Waals surface area contributed by atoms with Crippen molar-refractivity contribution in [2.75, 3.05) is 5.32 Å². The lowest BCUT2D eigenvalue weighted by atomic mass is 9.49. The Morgan fingerprint density at radius 1 is 1.14 bits per heavy atom. The number of anilines is 1. The number of rotatable bonds is 5. The molecule has 28 heavy (non-hydrogen) atoms. The van der Waals surface area contributed by atoms with Crippen molar-refractivity contribution < 1.29 is 4.79 Å². The van der Waals surface area contributed by atoms with Crippen LogP contribution in [0.4, 0.5) is 5.13 Å². The highest BCUT2D eigenvalue weighted by molar-refractivity contribution is 9.10. The molecule has 148 valence electrons. The molecule has 0 radical (unpaired) electrons. The molecule has 1 N–H and O–H groups in total. The minimum Gasteiger partial charge on any atom is -0.301 e. The number of amides is 1. The third-order valence-electron chi connectivity index (χ3n) is 7.03. The van der Waals surface area contributed by atoms with Crippen LogP contribution in [0, 0.1) is 23.2 Å². The quantitative estimate of drug-likeness (QED) is 0.542. The zero-order valence-electron chi connectivity index (χ0n) is 16.3. The Labute approximate surface area is 179 Å². The van der Waals surface area contributed by atoms with Crippen LogP contribution in [0.15, 0.2) is 28.7 Å². The van der Waals surface area contributed by atoms with Gasteiger partial charge in [-0.1, -0.05) is 41.4 Å². The van der Waals surface area contributed by atoms with Crippen LogP contribution < -0.4 is 5.32 Å². The van der Waals surface area contributed by atoms with Crippen LogP contribution in [0.2, 0.25) is 0 Å². The third-order valence-corrected chi connectivity index (χ3v) is 8.59. The standard InChI is InChI=1S/C23H27BrN2OS/c1-2-3-19-20(17-4-6-18(24)7-5-17)25-22(28-19)26-21(27)23-11-14-8-15(12-23)10-16(9-14)13-23/h4-7,14-16H,2-3,8-13H2,1H3,(H,25,26,27). The number of nitrogens with zero attached hydrogens (tertiary/aromatic N) is 1. The van der Waals surface area contributed by atoms with Crippen molar-refractivity contribution in [3.63, 3.8) is 0 Å². The molecule has 0 spiro atoms. The smallest absolute Gasteiger partial charge is 0.232 e. The minimum atomic E-state index is -0.122. The van der Waals surface area contributed by atoms with Crippen LogP contribution in [-0.2, 0) is 11.2 Å². The molecule has 4 aliphatic carbocycles. The van der Waals surface area contributed by atoms with Crippen molar-refractivity contribution in [3.05, 3.63) is 33.6 Å². The molecule has 0 unspecified atom stereocenters. The molecule has 0 atom stereocenters. The van der Waals surface area contributed by atoms with Gasteiger partial charge in [0.1, 0.15) is 0 Å². The summed E-state index contributed by atoms with van der Waals surface area (Å²) in [5.41, 5.74) is 2.03. The fourth-order valence-corrected chi connectivity index (χ4v) is 7.60. The fourth-order valence-electron chi connectivity index (χ4n) is 6.25. The second-order valence-electron chi connectivity index (χ2n) is 9.20. The predicted molar refractivity (Wildman–Crippen MR) is 118 cm³/mol. The predicted octanol–water partition coefficient (Wildman–Crippen LogP) is 6.68. The molecule has 0 saturated heterocycles. The molecule has 4 fully saturated rings. The van der Waals surface area contributed by atoms with E-state index in [2.05, 4.69) is 52.4 Å². The number of benzene rings is 1. The average molecular weight is 459 g/mol. The maximum atomic E-state index is 13.4. The van der Waals surface area contributed by atoms with Crippen LogP contribution >= 0.6 is 27.3 Å². The van der Waals surface area contributed by atoms with Crippen LogP contribution in [0.1, 0.15) is 56.7 Å². The maximum Gasteiger partial charge on any atom is 0.232 e. The van der Waals surface area contributed by atoms with E-state index in [1.807, 2.05) is 0 Å². The van der Waals surface area contributed by atoms with Gasteiger partial charge in [-0.15, -0.1) is 11.3 Å². The third kappa shape index (κ3) is 3.35. The van der Waals surface area contributed by atoms with Gasteiger partial charge in [0.05, 0.1) is 11.1 Å². The van der Waals surface area contributed by atoms with Gasteiger partial charge in [-0.2, -0.15) is 0 Å². The average Bonchev–Trinajstić information content (AvgIpc) is 3.04. The van der Waals surface area contributed by atoms with E-state index in [1.54, 1.807) is 11.3 Å². The Kier molecular flexibility index (Phi) is 4.87. The molecule has 1 aromatic heterocycles. The maximum absolute atomic E-state index is 13.4. The van der Waals surface area contributed by atoms with Crippen LogP contribution in [0.5, 0.6) is 0 Å². The van der Waals surface area contributed by atoms with Gasteiger partial charge in [0, 0.05) is 14.9 Å². The molecule has 2 aromatic rings. The van der Waals surface area contributed by atoms with Crippen molar-refractivity contribution in [1.29, 1.82) is 0 Å². The Morgan fingerprint density at radius 2 is 1.75 bits per heavy atom. The van der Waals surface area contributed by atoms with E-state index in [1.165, 1.54) is 24.1 Å². The molecule has 1 amide bonds. The van der Waals surface area contributed by atoms with Crippen molar-refractivity contribution in [2.24, 2.45) is 23.2 Å². The van der Waals surface area contributed by atoms with Crippen LogP contribution in [0.25, 0.3) is 11.3 Å². The number of hydrogen-bond donors (Lipinski definition) is 1. The number of aromatic nitrogens is 1. The summed E-state index contributed by atoms with van der Waals surface area (Å²) in [7, 11) is 0. The first-order valence-electron chi connectivity index (χ1n) is 10.6. The Morgan fingerprint density at radius 3 is 2.32 bits per heavy atom. The number of hydrogen-bond acceptors (Lipinski definition) is 3. The largest absolute Gasteiger partial charge is 0.301 e. The summed E-state index contributed by atoms with van der Waals surface area (Å²) in [5.74, 6) is 2.58. The second-order valence-corrected chi connectivity index (χ2v) is 11.2. The lowest BCUT2D eigenvalue weighted by molar-refractivity contribution is -0.140. The number of thiazole rings is 1. The number of carbonyl (C=O) groups is 1. The van der Waals surface area contributed by atoms with Crippen molar-refractivity contribution in [1.82, 2.24) is 4.98 Å². The number of nitrogens with one attached hydrogen (secondary N) is 1. The van der Waals surface area contributed by atoms with Crippen molar-refractivity contribution >= 4 is 38.3 Å². The summed E-state index contributed by atoms with van der Waals surface area (Å²) in [6.45, 7) is 2.19. The number of aryl methyl sites for hydroxylation is 1. The molecule has 1 aromatic carbocycles. The Hall–Kier alpha value is -1.20. The van der Waals surface area contributed by atoms with E-state index in [0.717, 1.165) is 70.7 Å². The summed E-state index contributed by atoms with van der Waals surface area (Å²) < 4.78 is 1.07. The highest BCUT2D eigenvalue weighted by Gasteiger charge is 2.54. The monoisotopic (exact) mass is 458 g/mol. The SMILES string of the molecule is CCCc1sc(NC(=O)C23CC4CC(CC(C4)C2)C3)nc1-c1ccc(Br)cc1. The molecule has 0 aliphatic heterocycles. The first-order chi connectivity index (χ1) is 13.5. The summed E-state index contributed by atoms with van der Waals surface area (Å²) in [6.07, 6.45) is 9.44. The molecule has 3 nitrogen and oxygen atoms in total. The van der Waals surface area contributed by atoms with Gasteiger partial charge in [-0.3, -0.25) is 4.79 Å². The Balaban J connectivity index is 1.40. The number of carbonyl (C=O) groups excluding carboxylic acids is 1. The Bertz CT molecular complexity index is 853. The normalized spacial score (nSPS) is 30.6. The summed E-state index contributed by atoms with van der Waals surface area (Å²) in [4.78, 5) is 19.5. The fraction of sp³-hybridized carbons (Fsp3) is 0.565. The van der Waals surface area contributed by atoms with Gasteiger partial charge in [0.2, 0.25) is 5.91 Å². The summed E-state index contributed by atoms with van der Waals surface area (Å²) in [6, 6.07) is 8.31. The van der Waals surface area contributed by atoms with E-state index < -0.39 is 0 Å². The van der Waals surface area contributed by atoms with Gasteiger partial charge in [-0.05, 0) is 74.8 Å². The van der Waals surface area contributed by atoms with Crippen molar-refractivity contribution in [3.8, 4) is 11.3 Å². The van der Waals surface area contributed by atoms with E-state index in [-0.39, 0.29) is 11.3 Å². The molecule has 5 heteroatoms. The molecule has 4 aliphatic rings. The zero-order valence-corrected chi connectivity index (χ0v) is 18.7. The topological polar surface area (TPSA) is 42.0 Å². The van der Waals surface area contributed by atoms with Gasteiger partial charge < -0.3 is 5.32 Å². The molecule has 4 bridgehead atoms. The van der Waals surface area contributed by atoms with Gasteiger partial charge in [0.25, 0.3) is 0 Å². The van der Waals surface area contributed by atoms with E-state index in [4.69, 9.17) is 4.98 Å². The lowest BCUT2D eigenvalue weighted by Crippen LogP contribution is -2.51. The first-order valence-corrected chi connectivity index (χ1v) is 12.2. The first kappa shape index (κ1) is 18.8. The van der Waals surface area contributed by atoms with E-state index in [9.17, 15) is 4.79 Å². The highest BCUT2D eigenvalue weighted by Crippen LogP contribution is 2.60. The number of halogens is 1. The molecular formula is C23H27BrN2OS. The molecule has 1 heterocycles. The lowest BCUT2D eigenvalue weighted by Gasteiger charge is -2.55. The second kappa shape index (κ2) is 7.24. The van der Waals surface area contributed by atoms with Gasteiger partial charge in [0.15, 0.2) is 5.13 Å². The minimum absolute atomic E-state index is 0.122. The zero-order chi connectivity index (χ0) is 19.3. The van der Waals surface area contributed by atoms with Crippen LogP contribution in [0.3, 0.4) is 0 Å². The molecular weight excluding hydrogens is 432 g/mol. The van der Waals surface area contributed by atoms with Crippen LogP contribution in [-0.4, -0.2) is 10.9 Å². The molecule has 4 saturated carbocycles. The summed E-state index contributed by atoms with van der Waals surface area (Å²) >= 11 is 5.17. The van der Waals surface area contributed by atoms with E-state index >= 15 is 0 Å². The highest BCUT2D eigenvalue weighted by atomic mass is 79.9. The summed E-state index contributed by atoms with van der Waals surface area (Å²) in [5, 5.41) is 4.04. The molecule has 6 rings (SSSR count). The van der Waals surface area contributed by atoms with Crippen molar-refractivity contribution in [2.45, 2.75) is 58.3 Å². The van der Waals surface area contributed by atoms with E-state index in [0.29, 0.717) is 0 Å². The van der Waals surface area contributed by atoms with Gasteiger partial charge in [-0.25, -0.2) is 4.98 Å². The van der Waals surface area contributed by atoms with Gasteiger partial charge >= 0.3 is 0 Å².